The summed E-state index contributed by atoms with van der Waals surface area (Å²) in [5.74, 6) is 0. The molecule has 3 rings (SSSR count). The van der Waals surface area contributed by atoms with Crippen LogP contribution in [0.5, 0.6) is 0 Å². The van der Waals surface area contributed by atoms with Crippen molar-refractivity contribution in [1.29, 1.82) is 0 Å². The number of nitrogens with one attached hydrogen (secondary N) is 1. The molecule has 0 spiro atoms. The third-order valence-electron chi connectivity index (χ3n) is 3.18. The van der Waals surface area contributed by atoms with Crippen LogP contribution in [0.3, 0.4) is 0 Å². The van der Waals surface area contributed by atoms with Gasteiger partial charge >= 0.3 is 0 Å². The average Bonchev–Trinajstić information content (AvgIpc) is 2.48. The molecule has 1 aromatic carbocycles. The molecule has 0 amide bonds. The van der Waals surface area contributed by atoms with E-state index in [-0.39, 0.29) is 5.56 Å². The minimum absolute atomic E-state index is 0.0181. The van der Waals surface area contributed by atoms with E-state index in [0.717, 1.165) is 25.0 Å². The van der Waals surface area contributed by atoms with E-state index in [4.69, 9.17) is 0 Å². The van der Waals surface area contributed by atoms with Gasteiger partial charge in [0.15, 0.2) is 0 Å². The fourth-order valence-electron chi connectivity index (χ4n) is 2.40. The number of hydrogen-bond donors (Lipinski definition) is 1. The number of H-pyrrole nitrogens is 1. The molecule has 0 radical (unpaired) electrons. The van der Waals surface area contributed by atoms with Gasteiger partial charge in [0.2, 0.25) is 5.56 Å². The number of benzene rings is 1. The van der Waals surface area contributed by atoms with Crippen LogP contribution < -0.4 is 5.56 Å². The smallest absolute Gasteiger partial charge is 0.248 e. The highest BCUT2D eigenvalue weighted by molar-refractivity contribution is 5.67. The molecule has 0 fully saturated rings. The summed E-state index contributed by atoms with van der Waals surface area (Å²) in [6.45, 7) is 0. The van der Waals surface area contributed by atoms with Gasteiger partial charge in [0.05, 0.1) is 5.69 Å². The third kappa shape index (κ3) is 1.47. The summed E-state index contributed by atoms with van der Waals surface area (Å²) in [4.78, 5) is 14.4. The molecule has 0 aliphatic heterocycles. The highest BCUT2D eigenvalue weighted by Gasteiger charge is 2.13. The van der Waals surface area contributed by atoms with E-state index in [1.165, 1.54) is 16.7 Å². The van der Waals surface area contributed by atoms with E-state index in [0.29, 0.717) is 0 Å². The minimum Gasteiger partial charge on any atom is -0.322 e. The Balaban J connectivity index is 2.32. The largest absolute Gasteiger partial charge is 0.322 e. The van der Waals surface area contributed by atoms with Gasteiger partial charge in [0.25, 0.3) is 0 Å². The Kier molecular flexibility index (Phi) is 2.13. The fourth-order valence-corrected chi connectivity index (χ4v) is 2.40. The van der Waals surface area contributed by atoms with Gasteiger partial charge in [0, 0.05) is 11.6 Å². The van der Waals surface area contributed by atoms with Gasteiger partial charge < -0.3 is 4.98 Å². The molecule has 1 aromatic heterocycles. The molecule has 16 heavy (non-hydrogen) atoms. The van der Waals surface area contributed by atoms with Crippen LogP contribution in [-0.2, 0) is 12.8 Å². The summed E-state index contributed by atoms with van der Waals surface area (Å²) in [6.07, 6.45) is 3.28. The Morgan fingerprint density at radius 3 is 2.69 bits per heavy atom. The maximum atomic E-state index is 11.4. The predicted octanol–water partition coefficient (Wildman–Crippen LogP) is 2.53. The molecule has 0 saturated heterocycles. The molecular formula is C14H13NO. The second-order valence-electron chi connectivity index (χ2n) is 4.23. The number of rotatable bonds is 0. The lowest BCUT2D eigenvalue weighted by molar-refractivity contribution is 0.833. The minimum atomic E-state index is -0.0181. The second-order valence-corrected chi connectivity index (χ2v) is 4.23. The van der Waals surface area contributed by atoms with E-state index in [1.807, 2.05) is 12.1 Å². The summed E-state index contributed by atoms with van der Waals surface area (Å²) in [5.41, 5.74) is 4.77. The number of fused-ring (bicyclic) bond motifs is 3. The molecular weight excluding hydrogens is 198 g/mol. The molecule has 1 aliphatic carbocycles. The molecule has 2 nitrogen and oxygen atoms in total. The van der Waals surface area contributed by atoms with Gasteiger partial charge in [-0.1, -0.05) is 30.3 Å². The average molecular weight is 211 g/mol. The maximum Gasteiger partial charge on any atom is 0.248 e. The normalized spacial score (nSPS) is 13.8. The first kappa shape index (κ1) is 9.40. The van der Waals surface area contributed by atoms with E-state index in [1.54, 1.807) is 6.07 Å². The number of aryl methyl sites for hydroxylation is 2. The summed E-state index contributed by atoms with van der Waals surface area (Å²) in [6, 6.07) is 11.9. The number of hydrogen-bond acceptors (Lipinski definition) is 1. The van der Waals surface area contributed by atoms with Gasteiger partial charge in [0.1, 0.15) is 0 Å². The van der Waals surface area contributed by atoms with Crippen molar-refractivity contribution in [1.82, 2.24) is 4.98 Å². The Bertz CT molecular complexity index is 583. The standard InChI is InChI=1S/C14H13NO/c16-13-9-8-11-6-3-5-10-4-1-2-7-12(10)14(11)15-13/h1-2,4,7-9H,3,5-6H2,(H,15,16). The quantitative estimate of drug-likeness (QED) is 0.713. The lowest BCUT2D eigenvalue weighted by Gasteiger charge is -2.07. The zero-order chi connectivity index (χ0) is 11.0. The van der Waals surface area contributed by atoms with Crippen molar-refractivity contribution in [2.24, 2.45) is 0 Å². The summed E-state index contributed by atoms with van der Waals surface area (Å²) in [5, 5.41) is 0. The predicted molar refractivity (Wildman–Crippen MR) is 64.5 cm³/mol. The molecule has 1 aliphatic rings. The van der Waals surface area contributed by atoms with Crippen LogP contribution >= 0.6 is 0 Å². The highest BCUT2D eigenvalue weighted by Crippen LogP contribution is 2.29. The van der Waals surface area contributed by atoms with Crippen molar-refractivity contribution in [2.45, 2.75) is 19.3 Å². The van der Waals surface area contributed by atoms with Gasteiger partial charge in [-0.3, -0.25) is 4.79 Å². The van der Waals surface area contributed by atoms with Crippen LogP contribution in [0.15, 0.2) is 41.2 Å². The molecule has 0 unspecified atom stereocenters. The van der Waals surface area contributed by atoms with Crippen molar-refractivity contribution in [3.63, 3.8) is 0 Å². The zero-order valence-electron chi connectivity index (χ0n) is 8.99. The Morgan fingerprint density at radius 1 is 0.938 bits per heavy atom. The monoisotopic (exact) mass is 211 g/mol. The Labute approximate surface area is 94.0 Å². The van der Waals surface area contributed by atoms with Crippen LogP contribution in [0, 0.1) is 0 Å². The van der Waals surface area contributed by atoms with Gasteiger partial charge in [-0.05, 0) is 30.4 Å². The van der Waals surface area contributed by atoms with E-state index in [9.17, 15) is 4.79 Å². The first-order valence-corrected chi connectivity index (χ1v) is 5.65. The van der Waals surface area contributed by atoms with Crippen molar-refractivity contribution in [3.8, 4) is 11.3 Å². The molecule has 0 atom stereocenters. The van der Waals surface area contributed by atoms with Crippen molar-refractivity contribution in [3.05, 3.63) is 57.9 Å². The Hall–Kier alpha value is -1.83. The number of aromatic nitrogens is 1. The molecule has 0 saturated carbocycles. The number of pyridine rings is 1. The van der Waals surface area contributed by atoms with Crippen molar-refractivity contribution in [2.75, 3.05) is 0 Å². The van der Waals surface area contributed by atoms with Crippen LogP contribution in [0.4, 0.5) is 0 Å². The fraction of sp³-hybridized carbons (Fsp3) is 0.214. The lowest BCUT2D eigenvalue weighted by Crippen LogP contribution is -2.06. The SMILES string of the molecule is O=c1ccc2c([nH]1)-c1ccccc1CCC2. The van der Waals surface area contributed by atoms with Crippen LogP contribution in [0.1, 0.15) is 17.5 Å². The second kappa shape index (κ2) is 3.63. The van der Waals surface area contributed by atoms with Gasteiger partial charge in [-0.15, -0.1) is 0 Å². The molecule has 0 bridgehead atoms. The van der Waals surface area contributed by atoms with Gasteiger partial charge in [-0.25, -0.2) is 0 Å². The topological polar surface area (TPSA) is 32.9 Å². The molecule has 1 heterocycles. The van der Waals surface area contributed by atoms with Crippen LogP contribution in [-0.4, -0.2) is 4.98 Å². The first-order chi connectivity index (χ1) is 7.84. The molecule has 2 aromatic rings. The first-order valence-electron chi connectivity index (χ1n) is 5.65. The summed E-state index contributed by atoms with van der Waals surface area (Å²) in [7, 11) is 0. The Morgan fingerprint density at radius 2 is 1.75 bits per heavy atom. The highest BCUT2D eigenvalue weighted by atomic mass is 16.1. The summed E-state index contributed by atoms with van der Waals surface area (Å²) >= 11 is 0. The van der Waals surface area contributed by atoms with Crippen molar-refractivity contribution >= 4 is 0 Å². The third-order valence-corrected chi connectivity index (χ3v) is 3.18. The van der Waals surface area contributed by atoms with E-state index in [2.05, 4.69) is 23.2 Å². The maximum absolute atomic E-state index is 11.4. The van der Waals surface area contributed by atoms with Crippen LogP contribution in [0.25, 0.3) is 11.3 Å². The van der Waals surface area contributed by atoms with Gasteiger partial charge in [-0.2, -0.15) is 0 Å². The zero-order valence-corrected chi connectivity index (χ0v) is 8.99. The summed E-state index contributed by atoms with van der Waals surface area (Å²) < 4.78 is 0. The molecule has 1 N–H and O–H groups in total. The molecule has 80 valence electrons. The lowest BCUT2D eigenvalue weighted by atomic mass is 10.0. The van der Waals surface area contributed by atoms with Crippen molar-refractivity contribution < 1.29 is 0 Å². The number of aromatic amines is 1. The van der Waals surface area contributed by atoms with Crippen LogP contribution in [0.2, 0.25) is 0 Å². The van der Waals surface area contributed by atoms with E-state index >= 15 is 0 Å². The van der Waals surface area contributed by atoms with E-state index < -0.39 is 0 Å². The molecule has 2 heteroatoms.